The van der Waals surface area contributed by atoms with Gasteiger partial charge in [-0.25, -0.2) is 0 Å². The zero-order chi connectivity index (χ0) is 38.6. The number of nitrogens with one attached hydrogen (secondary N) is 3. The van der Waals surface area contributed by atoms with E-state index in [1.54, 1.807) is 36.0 Å². The predicted octanol–water partition coefficient (Wildman–Crippen LogP) is 8.15. The van der Waals surface area contributed by atoms with Crippen LogP contribution >= 0.6 is 11.8 Å². The van der Waals surface area contributed by atoms with Crippen molar-refractivity contribution in [2.45, 2.75) is 69.2 Å². The smallest absolute Gasteiger partial charge is 0.224 e. The fraction of sp³-hybridized carbons (Fsp3) is 0.250. The van der Waals surface area contributed by atoms with Crippen LogP contribution in [0, 0.1) is 0 Å². The van der Waals surface area contributed by atoms with Gasteiger partial charge < -0.3 is 36.3 Å². The lowest BCUT2D eigenvalue weighted by Gasteiger charge is -2.36. The lowest BCUT2D eigenvalue weighted by molar-refractivity contribution is -0.245. The van der Waals surface area contributed by atoms with E-state index < -0.39 is 6.29 Å². The van der Waals surface area contributed by atoms with E-state index in [1.165, 1.54) is 6.92 Å². The Bertz CT molecular complexity index is 2060. The number of nitrogen functional groups attached to an aromatic ring is 1. The maximum Gasteiger partial charge on any atom is 0.224 e. The molecule has 5 aromatic rings. The summed E-state index contributed by atoms with van der Waals surface area (Å²) < 4.78 is 13.1. The molecule has 0 radical (unpaired) electrons. The van der Waals surface area contributed by atoms with Crippen LogP contribution in [0.1, 0.15) is 67.3 Å². The molecule has 5 aromatic carbocycles. The van der Waals surface area contributed by atoms with Gasteiger partial charge in [0.05, 0.1) is 30.2 Å². The van der Waals surface area contributed by atoms with E-state index in [9.17, 15) is 19.5 Å². The Morgan fingerprint density at radius 2 is 1.49 bits per heavy atom. The summed E-state index contributed by atoms with van der Waals surface area (Å²) in [6, 6.07) is 38.9. The summed E-state index contributed by atoms with van der Waals surface area (Å²) in [6.07, 6.45) is 0.685. The monoisotopic (exact) mass is 758 g/mol. The van der Waals surface area contributed by atoms with Gasteiger partial charge in [0.1, 0.15) is 0 Å². The number of hydrogen-bond donors (Lipinski definition) is 5. The molecule has 0 aliphatic carbocycles. The van der Waals surface area contributed by atoms with Crippen molar-refractivity contribution in [3.8, 4) is 11.1 Å². The Morgan fingerprint density at radius 1 is 0.764 bits per heavy atom. The maximum absolute atomic E-state index is 12.6. The number of rotatable bonds is 15. The van der Waals surface area contributed by atoms with Crippen molar-refractivity contribution in [3.63, 3.8) is 0 Å². The number of amides is 3. The first kappa shape index (κ1) is 39.2. The van der Waals surface area contributed by atoms with E-state index in [2.05, 4.69) is 22.0 Å². The van der Waals surface area contributed by atoms with Crippen molar-refractivity contribution in [1.82, 2.24) is 5.32 Å². The minimum Gasteiger partial charge on any atom is -0.397 e. The molecule has 0 bridgehead atoms. The molecule has 6 rings (SSSR count). The highest BCUT2D eigenvalue weighted by atomic mass is 32.2. The van der Waals surface area contributed by atoms with Crippen LogP contribution < -0.4 is 21.7 Å². The molecule has 6 N–H and O–H groups in total. The van der Waals surface area contributed by atoms with Crippen LogP contribution in [0.15, 0.2) is 126 Å². The van der Waals surface area contributed by atoms with Crippen molar-refractivity contribution >= 4 is 46.5 Å². The molecule has 1 saturated heterocycles. The lowest BCUT2D eigenvalue weighted by atomic mass is 9.99. The molecule has 3 unspecified atom stereocenters. The van der Waals surface area contributed by atoms with E-state index in [4.69, 9.17) is 15.2 Å². The Labute approximate surface area is 325 Å². The van der Waals surface area contributed by atoms with E-state index in [0.29, 0.717) is 36.5 Å². The van der Waals surface area contributed by atoms with Gasteiger partial charge in [0.25, 0.3) is 0 Å². The van der Waals surface area contributed by atoms with Crippen LogP contribution in [0.2, 0.25) is 0 Å². The molecule has 3 amide bonds. The number of para-hydroxylation sites is 2. The third-order valence-electron chi connectivity index (χ3n) is 9.20. The van der Waals surface area contributed by atoms with Gasteiger partial charge in [0.15, 0.2) is 6.29 Å². The predicted molar refractivity (Wildman–Crippen MR) is 217 cm³/mol. The molecular weight excluding hydrogens is 713 g/mol. The van der Waals surface area contributed by atoms with Gasteiger partial charge in [-0.2, -0.15) is 0 Å². The molecule has 0 saturated carbocycles. The average Bonchev–Trinajstić information content (AvgIpc) is 3.20. The number of aliphatic hydroxyl groups is 1. The van der Waals surface area contributed by atoms with Crippen LogP contribution in [0.4, 0.5) is 17.1 Å². The number of ether oxygens (including phenoxy) is 2. The van der Waals surface area contributed by atoms with Crippen LogP contribution in [0.5, 0.6) is 0 Å². The number of anilines is 3. The number of thioether (sulfide) groups is 1. The summed E-state index contributed by atoms with van der Waals surface area (Å²) in [5.41, 5.74) is 13.5. The zero-order valence-corrected chi connectivity index (χ0v) is 31.5. The molecule has 1 fully saturated rings. The van der Waals surface area contributed by atoms with Crippen LogP contribution in [-0.4, -0.2) is 34.7 Å². The highest BCUT2D eigenvalue weighted by molar-refractivity contribution is 7.99. The summed E-state index contributed by atoms with van der Waals surface area (Å²) in [6.45, 7) is 1.85. The Kier molecular flexibility index (Phi) is 13.7. The van der Waals surface area contributed by atoms with Crippen molar-refractivity contribution in [1.29, 1.82) is 0 Å². The first-order valence-electron chi connectivity index (χ1n) is 18.3. The third-order valence-corrected chi connectivity index (χ3v) is 10.3. The molecule has 1 aliphatic heterocycles. The van der Waals surface area contributed by atoms with Crippen LogP contribution in [-0.2, 0) is 37.0 Å². The maximum atomic E-state index is 12.6. The first-order valence-corrected chi connectivity index (χ1v) is 19.3. The quantitative estimate of drug-likeness (QED) is 0.0530. The minimum absolute atomic E-state index is 0.0184. The molecular formula is C44H46N4O6S. The van der Waals surface area contributed by atoms with Gasteiger partial charge in [-0.15, -0.1) is 11.8 Å². The molecule has 1 heterocycles. The summed E-state index contributed by atoms with van der Waals surface area (Å²) in [4.78, 5) is 37.3. The van der Waals surface area contributed by atoms with E-state index in [0.717, 1.165) is 44.0 Å². The van der Waals surface area contributed by atoms with Gasteiger partial charge in [-0.3, -0.25) is 14.4 Å². The number of carbonyl (C=O) groups is 3. The molecule has 10 nitrogen and oxygen atoms in total. The third kappa shape index (κ3) is 11.5. The van der Waals surface area contributed by atoms with Gasteiger partial charge in [0.2, 0.25) is 17.7 Å². The van der Waals surface area contributed by atoms with Gasteiger partial charge >= 0.3 is 0 Å². The molecule has 11 heteroatoms. The number of carbonyl (C=O) groups excluding carboxylic acids is 3. The fourth-order valence-corrected chi connectivity index (χ4v) is 7.19. The summed E-state index contributed by atoms with van der Waals surface area (Å²) in [5.74, 6) is 0.311. The molecule has 1 aliphatic rings. The second kappa shape index (κ2) is 19.2. The van der Waals surface area contributed by atoms with Crippen LogP contribution in [0.25, 0.3) is 11.1 Å². The van der Waals surface area contributed by atoms with Crippen molar-refractivity contribution in [2.24, 2.45) is 0 Å². The molecule has 284 valence electrons. The number of benzene rings is 5. The highest BCUT2D eigenvalue weighted by Crippen LogP contribution is 2.40. The Morgan fingerprint density at radius 3 is 2.22 bits per heavy atom. The number of hydrogen-bond acceptors (Lipinski definition) is 8. The molecule has 0 aromatic heterocycles. The zero-order valence-electron chi connectivity index (χ0n) is 30.7. The van der Waals surface area contributed by atoms with Gasteiger partial charge in [0, 0.05) is 54.6 Å². The number of aliphatic hydroxyl groups excluding tert-OH is 1. The largest absolute Gasteiger partial charge is 0.397 e. The Hall–Kier alpha value is -5.46. The lowest BCUT2D eigenvalue weighted by Crippen LogP contribution is -2.31. The summed E-state index contributed by atoms with van der Waals surface area (Å²) in [5, 5.41) is 18.1. The second-order valence-corrected chi connectivity index (χ2v) is 14.5. The van der Waals surface area contributed by atoms with E-state index in [-0.39, 0.29) is 49.4 Å². The first-order chi connectivity index (χ1) is 26.7. The van der Waals surface area contributed by atoms with E-state index >= 15 is 0 Å². The van der Waals surface area contributed by atoms with E-state index in [1.807, 2.05) is 91.0 Å². The molecule has 3 atom stereocenters. The normalized spacial score (nSPS) is 16.6. The molecule has 55 heavy (non-hydrogen) atoms. The van der Waals surface area contributed by atoms with Crippen molar-refractivity contribution in [3.05, 3.63) is 144 Å². The SMILES string of the molecule is CC(=O)Nc1ccc(SCC2CC(c3ccc(CO)cc3)OC(c3ccc(-c4cccc(CNC(=O)CCCC(=O)Nc5ccccc5N)c4)cc3)O2)cc1. The topological polar surface area (TPSA) is 152 Å². The summed E-state index contributed by atoms with van der Waals surface area (Å²) >= 11 is 1.69. The van der Waals surface area contributed by atoms with Crippen LogP contribution in [0.3, 0.4) is 0 Å². The molecule has 0 spiro atoms. The fourth-order valence-electron chi connectivity index (χ4n) is 6.27. The van der Waals surface area contributed by atoms with Gasteiger partial charge in [-0.05, 0) is 76.7 Å². The van der Waals surface area contributed by atoms with Crippen molar-refractivity contribution in [2.75, 3.05) is 22.1 Å². The standard InChI is InChI=1S/C44H46N4O6S/c1-29(50)47-36-20-22-38(23-21-36)55-28-37-25-41(33-14-12-30(27-49)13-15-33)54-44(53-37)34-18-16-32(17-19-34)35-7-4-6-31(24-35)26-46-42(51)10-5-11-43(52)48-40-9-3-2-8-39(40)45/h2-4,6-9,12-24,37,41,44,49H,5,10-11,25-28,45H2,1H3,(H,46,51)(H,47,50)(H,48,52). The van der Waals surface area contributed by atoms with Crippen molar-refractivity contribution < 1.29 is 29.0 Å². The summed E-state index contributed by atoms with van der Waals surface area (Å²) in [7, 11) is 0. The Balaban J connectivity index is 1.05. The van der Waals surface area contributed by atoms with Gasteiger partial charge in [-0.1, -0.05) is 78.9 Å². The minimum atomic E-state index is -0.581. The second-order valence-electron chi connectivity index (χ2n) is 13.5. The highest BCUT2D eigenvalue weighted by Gasteiger charge is 2.32. The average molecular weight is 759 g/mol. The number of nitrogens with two attached hydrogens (primary N) is 1.